The van der Waals surface area contributed by atoms with Crippen LogP contribution in [0.15, 0.2) is 24.3 Å². The zero-order valence-corrected chi connectivity index (χ0v) is 14.2. The minimum atomic E-state index is -4.73. The molecule has 1 rings (SSSR count). The molecule has 0 saturated heterocycles. The molecule has 0 radical (unpaired) electrons. The first kappa shape index (κ1) is 21.2. The van der Waals surface area contributed by atoms with Crippen LogP contribution in [0.2, 0.25) is 0 Å². The molecule has 0 bridgehead atoms. The molecule has 1 aromatic carbocycles. The van der Waals surface area contributed by atoms with Crippen molar-refractivity contribution in [1.82, 2.24) is 4.90 Å². The van der Waals surface area contributed by atoms with Crippen molar-refractivity contribution in [3.05, 3.63) is 39.9 Å². The summed E-state index contributed by atoms with van der Waals surface area (Å²) < 4.78 is 47.4. The van der Waals surface area contributed by atoms with Gasteiger partial charge in [0, 0.05) is 12.1 Å². The lowest BCUT2D eigenvalue weighted by molar-refractivity contribution is -0.384. The predicted octanol–water partition coefficient (Wildman–Crippen LogP) is 3.51. The smallest absolute Gasteiger partial charge is 0.413 e. The number of nitro benzene ring substituents is 1. The molecule has 0 fully saturated rings. The highest BCUT2D eigenvalue weighted by Gasteiger charge is 2.35. The number of rotatable bonds is 5. The van der Waals surface area contributed by atoms with Gasteiger partial charge in [-0.2, -0.15) is 13.2 Å². The van der Waals surface area contributed by atoms with Gasteiger partial charge in [-0.3, -0.25) is 15.0 Å². The fraction of sp³-hybridized carbons (Fsp3) is 0.467. The van der Waals surface area contributed by atoms with Gasteiger partial charge in [0.25, 0.3) is 5.69 Å². The molecule has 0 N–H and O–H groups in total. The summed E-state index contributed by atoms with van der Waals surface area (Å²) in [5.74, 6) is -1.05. The molecule has 0 aliphatic carbocycles. The fourth-order valence-electron chi connectivity index (χ4n) is 1.64. The summed E-state index contributed by atoms with van der Waals surface area (Å²) in [6, 6.07) is 4.25. The Kier molecular flexibility index (Phi) is 6.54. The maximum absolute atomic E-state index is 12.6. The second-order valence-electron chi connectivity index (χ2n) is 6.16. The number of hydrogen-bond acceptors (Lipinski definition) is 6. The third-order valence-corrected chi connectivity index (χ3v) is 2.69. The van der Waals surface area contributed by atoms with Gasteiger partial charge in [-0.15, -0.1) is 0 Å². The first-order valence-corrected chi connectivity index (χ1v) is 7.25. The molecule has 11 heteroatoms. The summed E-state index contributed by atoms with van der Waals surface area (Å²) >= 11 is 0. The largest absolute Gasteiger partial charge is 0.444 e. The number of ether oxygens (including phenoxy) is 2. The van der Waals surface area contributed by atoms with E-state index in [1.807, 2.05) is 0 Å². The number of halogens is 3. The van der Waals surface area contributed by atoms with E-state index in [1.165, 1.54) is 20.8 Å². The second kappa shape index (κ2) is 8.02. The van der Waals surface area contributed by atoms with Crippen molar-refractivity contribution in [1.29, 1.82) is 0 Å². The normalized spacial score (nSPS) is 11.6. The van der Waals surface area contributed by atoms with Gasteiger partial charge in [0.05, 0.1) is 10.5 Å². The lowest BCUT2D eigenvalue weighted by Gasteiger charge is -2.27. The summed E-state index contributed by atoms with van der Waals surface area (Å²) in [7, 11) is 0. The van der Waals surface area contributed by atoms with Gasteiger partial charge in [-0.25, -0.2) is 9.59 Å². The van der Waals surface area contributed by atoms with Gasteiger partial charge >= 0.3 is 18.2 Å². The summed E-state index contributed by atoms with van der Waals surface area (Å²) in [6.45, 7) is 1.75. The molecule has 0 aliphatic rings. The van der Waals surface area contributed by atoms with E-state index in [4.69, 9.17) is 4.74 Å². The molecular weight excluding hydrogens is 361 g/mol. The highest BCUT2D eigenvalue weighted by atomic mass is 19.4. The zero-order valence-electron chi connectivity index (χ0n) is 14.2. The SMILES string of the molecule is CC(C)(C)OC(=O)N(COC(=O)c1ccc([N+](=O)[O-])cc1)CC(F)(F)F. The van der Waals surface area contributed by atoms with E-state index in [-0.39, 0.29) is 16.2 Å². The van der Waals surface area contributed by atoms with Crippen LogP contribution in [0.1, 0.15) is 31.1 Å². The van der Waals surface area contributed by atoms with Crippen LogP contribution in [-0.4, -0.2) is 46.9 Å². The summed E-state index contributed by atoms with van der Waals surface area (Å²) in [5.41, 5.74) is -1.43. The first-order chi connectivity index (χ1) is 11.8. The van der Waals surface area contributed by atoms with E-state index < -0.39 is 42.0 Å². The topological polar surface area (TPSA) is 99.0 Å². The third-order valence-electron chi connectivity index (χ3n) is 2.69. The predicted molar refractivity (Wildman–Crippen MR) is 82.4 cm³/mol. The number of non-ortho nitro benzene ring substituents is 1. The minimum Gasteiger partial charge on any atom is -0.444 e. The van der Waals surface area contributed by atoms with Gasteiger partial charge in [0.2, 0.25) is 0 Å². The number of carbonyl (C=O) groups is 2. The Hall–Kier alpha value is -2.85. The van der Waals surface area contributed by atoms with E-state index in [2.05, 4.69) is 4.74 Å². The number of nitrogens with zero attached hydrogens (tertiary/aromatic N) is 2. The number of nitro groups is 1. The lowest BCUT2D eigenvalue weighted by Crippen LogP contribution is -2.43. The van der Waals surface area contributed by atoms with Crippen molar-refractivity contribution < 1.29 is 37.2 Å². The van der Waals surface area contributed by atoms with E-state index in [9.17, 15) is 32.9 Å². The lowest BCUT2D eigenvalue weighted by atomic mass is 10.2. The zero-order chi connectivity index (χ0) is 20.1. The molecular formula is C15H17F3N2O6. The Bertz CT molecular complexity index is 667. The van der Waals surface area contributed by atoms with Gasteiger partial charge in [0.1, 0.15) is 12.1 Å². The summed E-state index contributed by atoms with van der Waals surface area (Å²) in [6.07, 6.45) is -6.03. The second-order valence-corrected chi connectivity index (χ2v) is 6.16. The van der Waals surface area contributed by atoms with Crippen LogP contribution >= 0.6 is 0 Å². The van der Waals surface area contributed by atoms with Crippen LogP contribution in [0.4, 0.5) is 23.7 Å². The average Bonchev–Trinajstić information content (AvgIpc) is 2.48. The van der Waals surface area contributed by atoms with Crippen molar-refractivity contribution in [3.63, 3.8) is 0 Å². The molecule has 0 aromatic heterocycles. The molecule has 1 aromatic rings. The molecule has 144 valence electrons. The number of alkyl halides is 3. The van der Waals surface area contributed by atoms with Crippen molar-refractivity contribution >= 4 is 17.7 Å². The van der Waals surface area contributed by atoms with E-state index in [0.29, 0.717) is 0 Å². The quantitative estimate of drug-likeness (QED) is 0.336. The molecule has 8 nitrogen and oxygen atoms in total. The molecule has 0 atom stereocenters. The number of amides is 1. The Morgan fingerprint density at radius 3 is 2.12 bits per heavy atom. The van der Waals surface area contributed by atoms with Gasteiger partial charge in [-0.1, -0.05) is 0 Å². The number of benzene rings is 1. The Balaban J connectivity index is 2.79. The number of hydrogen-bond donors (Lipinski definition) is 0. The van der Waals surface area contributed by atoms with Gasteiger partial charge < -0.3 is 9.47 Å². The average molecular weight is 378 g/mol. The minimum absolute atomic E-state index is 0.119. The molecule has 0 heterocycles. The Morgan fingerprint density at radius 1 is 1.15 bits per heavy atom. The van der Waals surface area contributed by atoms with Crippen LogP contribution in [0.3, 0.4) is 0 Å². The molecule has 0 spiro atoms. The van der Waals surface area contributed by atoms with Gasteiger partial charge in [-0.05, 0) is 32.9 Å². The van der Waals surface area contributed by atoms with Crippen molar-refractivity contribution in [2.45, 2.75) is 32.5 Å². The molecule has 26 heavy (non-hydrogen) atoms. The highest BCUT2D eigenvalue weighted by Crippen LogP contribution is 2.19. The summed E-state index contributed by atoms with van der Waals surface area (Å²) in [5, 5.41) is 10.5. The Morgan fingerprint density at radius 2 is 1.69 bits per heavy atom. The number of carbonyl (C=O) groups excluding carboxylic acids is 2. The Labute approximate surface area is 146 Å². The van der Waals surface area contributed by atoms with Crippen molar-refractivity contribution in [2.75, 3.05) is 13.3 Å². The van der Waals surface area contributed by atoms with Crippen molar-refractivity contribution in [2.24, 2.45) is 0 Å². The standard InChI is InChI=1S/C15H17F3N2O6/c1-14(2,3)26-13(22)19(8-15(16,17)18)9-25-12(21)10-4-6-11(7-5-10)20(23)24/h4-7H,8-9H2,1-3H3. The van der Waals surface area contributed by atoms with E-state index >= 15 is 0 Å². The van der Waals surface area contributed by atoms with Crippen LogP contribution in [0, 0.1) is 10.1 Å². The number of esters is 1. The van der Waals surface area contributed by atoms with E-state index in [0.717, 1.165) is 24.3 Å². The van der Waals surface area contributed by atoms with E-state index in [1.54, 1.807) is 0 Å². The van der Waals surface area contributed by atoms with Crippen LogP contribution in [-0.2, 0) is 9.47 Å². The molecule has 0 aliphatic heterocycles. The van der Waals surface area contributed by atoms with Crippen LogP contribution in [0.25, 0.3) is 0 Å². The highest BCUT2D eigenvalue weighted by molar-refractivity contribution is 5.89. The first-order valence-electron chi connectivity index (χ1n) is 7.25. The third kappa shape index (κ3) is 7.36. The monoisotopic (exact) mass is 378 g/mol. The maximum Gasteiger partial charge on any atom is 0.413 e. The molecule has 0 unspecified atom stereocenters. The molecule has 1 amide bonds. The van der Waals surface area contributed by atoms with Crippen LogP contribution in [0.5, 0.6) is 0 Å². The maximum atomic E-state index is 12.6. The van der Waals surface area contributed by atoms with Crippen molar-refractivity contribution in [3.8, 4) is 0 Å². The van der Waals surface area contributed by atoms with Crippen LogP contribution < -0.4 is 0 Å². The fourth-order valence-corrected chi connectivity index (χ4v) is 1.64. The van der Waals surface area contributed by atoms with Gasteiger partial charge in [0.15, 0.2) is 6.73 Å². The summed E-state index contributed by atoms with van der Waals surface area (Å²) in [4.78, 5) is 33.7. The molecule has 0 saturated carbocycles.